The van der Waals surface area contributed by atoms with Crippen molar-refractivity contribution in [2.75, 3.05) is 67.6 Å². The van der Waals surface area contributed by atoms with Gasteiger partial charge in [0.15, 0.2) is 0 Å². The maximum atomic E-state index is 13.2. The van der Waals surface area contributed by atoms with Crippen molar-refractivity contribution in [1.29, 1.82) is 0 Å². The molecular formula is C25H32N6O3. The number of hydrogen-bond donors (Lipinski definition) is 0. The van der Waals surface area contributed by atoms with Gasteiger partial charge in [0.1, 0.15) is 11.6 Å². The Bertz CT molecular complexity index is 1020. The monoisotopic (exact) mass is 464 g/mol. The molecule has 3 saturated heterocycles. The van der Waals surface area contributed by atoms with E-state index < -0.39 is 0 Å². The predicted octanol–water partition coefficient (Wildman–Crippen LogP) is 2.18. The van der Waals surface area contributed by atoms with E-state index in [2.05, 4.69) is 14.8 Å². The van der Waals surface area contributed by atoms with Gasteiger partial charge in [0, 0.05) is 64.1 Å². The number of nitrogens with zero attached hydrogens (tertiary/aromatic N) is 6. The number of piperazine rings is 1. The van der Waals surface area contributed by atoms with Crippen molar-refractivity contribution >= 4 is 29.3 Å². The summed E-state index contributed by atoms with van der Waals surface area (Å²) in [6, 6.07) is 9.35. The molecule has 3 aliphatic rings. The number of amides is 2. The summed E-state index contributed by atoms with van der Waals surface area (Å²) in [4.78, 5) is 43.2. The van der Waals surface area contributed by atoms with Gasteiger partial charge in [-0.05, 0) is 49.6 Å². The fraction of sp³-hybridized carbons (Fsp3) is 0.520. The van der Waals surface area contributed by atoms with Crippen molar-refractivity contribution in [2.24, 2.45) is 5.92 Å². The van der Waals surface area contributed by atoms with Crippen molar-refractivity contribution in [3.8, 4) is 5.75 Å². The Hall–Kier alpha value is -3.36. The summed E-state index contributed by atoms with van der Waals surface area (Å²) < 4.78 is 5.20. The zero-order valence-corrected chi connectivity index (χ0v) is 19.7. The predicted molar refractivity (Wildman–Crippen MR) is 130 cm³/mol. The number of carbonyl (C=O) groups excluding carboxylic acids is 2. The van der Waals surface area contributed by atoms with E-state index in [0.29, 0.717) is 19.6 Å². The van der Waals surface area contributed by atoms with Crippen LogP contribution in [0.2, 0.25) is 0 Å². The Morgan fingerprint density at radius 3 is 2.38 bits per heavy atom. The molecular weight excluding hydrogens is 432 g/mol. The average Bonchev–Trinajstić information content (AvgIpc) is 3.30. The number of piperidine rings is 1. The third-order valence-corrected chi connectivity index (χ3v) is 7.04. The molecule has 1 aromatic heterocycles. The molecule has 5 rings (SSSR count). The van der Waals surface area contributed by atoms with E-state index in [9.17, 15) is 9.59 Å². The standard InChI is InChI=1S/C25H32N6O3/c1-34-21-7-5-20(6-8-21)31-18-19(17-23(31)32)24(33)29-15-13-28(14-16-29)22-9-10-26-25(27-22)30-11-3-2-4-12-30/h5-10,19H,2-4,11-18H2,1H3. The number of ether oxygens (including phenoxy) is 1. The highest BCUT2D eigenvalue weighted by Gasteiger charge is 2.38. The summed E-state index contributed by atoms with van der Waals surface area (Å²) in [6.45, 7) is 5.18. The second-order valence-corrected chi connectivity index (χ2v) is 9.18. The third-order valence-electron chi connectivity index (χ3n) is 7.04. The van der Waals surface area contributed by atoms with Crippen LogP contribution in [-0.4, -0.2) is 79.6 Å². The van der Waals surface area contributed by atoms with Crippen molar-refractivity contribution in [3.63, 3.8) is 0 Å². The SMILES string of the molecule is COc1ccc(N2CC(C(=O)N3CCN(c4ccnc(N5CCCCC5)n4)CC3)CC2=O)cc1. The van der Waals surface area contributed by atoms with Crippen LogP contribution in [0, 0.1) is 5.92 Å². The molecule has 1 atom stereocenters. The minimum atomic E-state index is -0.300. The molecule has 0 spiro atoms. The Balaban J connectivity index is 1.17. The van der Waals surface area contributed by atoms with Gasteiger partial charge in [-0.3, -0.25) is 9.59 Å². The largest absolute Gasteiger partial charge is 0.497 e. The lowest BCUT2D eigenvalue weighted by Gasteiger charge is -2.37. The Labute approximate surface area is 200 Å². The molecule has 34 heavy (non-hydrogen) atoms. The lowest BCUT2D eigenvalue weighted by atomic mass is 10.1. The Morgan fingerprint density at radius 2 is 1.68 bits per heavy atom. The van der Waals surface area contributed by atoms with Crippen LogP contribution < -0.4 is 19.4 Å². The summed E-state index contributed by atoms with van der Waals surface area (Å²) >= 11 is 0. The normalized spacial score (nSPS) is 21.2. The molecule has 1 aromatic carbocycles. The van der Waals surface area contributed by atoms with Gasteiger partial charge in [0.25, 0.3) is 0 Å². The van der Waals surface area contributed by atoms with Crippen LogP contribution in [0.3, 0.4) is 0 Å². The van der Waals surface area contributed by atoms with Gasteiger partial charge >= 0.3 is 0 Å². The first-order valence-corrected chi connectivity index (χ1v) is 12.2. The summed E-state index contributed by atoms with van der Waals surface area (Å²) in [5.41, 5.74) is 0.805. The van der Waals surface area contributed by atoms with Crippen molar-refractivity contribution in [2.45, 2.75) is 25.7 Å². The van der Waals surface area contributed by atoms with Gasteiger partial charge in [0.2, 0.25) is 17.8 Å². The molecule has 0 aliphatic carbocycles. The zero-order chi connectivity index (χ0) is 23.5. The van der Waals surface area contributed by atoms with Crippen LogP contribution in [0.25, 0.3) is 0 Å². The second kappa shape index (κ2) is 9.87. The highest BCUT2D eigenvalue weighted by Crippen LogP contribution is 2.28. The molecule has 3 fully saturated rings. The van der Waals surface area contributed by atoms with Crippen molar-refractivity contribution < 1.29 is 14.3 Å². The molecule has 2 aromatic rings. The van der Waals surface area contributed by atoms with E-state index in [1.165, 1.54) is 19.3 Å². The molecule has 3 aliphatic heterocycles. The molecule has 0 N–H and O–H groups in total. The maximum Gasteiger partial charge on any atom is 0.228 e. The van der Waals surface area contributed by atoms with E-state index in [-0.39, 0.29) is 24.2 Å². The van der Waals surface area contributed by atoms with Gasteiger partial charge in [-0.25, -0.2) is 4.98 Å². The highest BCUT2D eigenvalue weighted by molar-refractivity contribution is 6.00. The molecule has 9 heteroatoms. The van der Waals surface area contributed by atoms with Crippen LogP contribution in [0.4, 0.5) is 17.5 Å². The molecule has 2 amide bonds. The van der Waals surface area contributed by atoms with E-state index in [1.54, 1.807) is 12.0 Å². The highest BCUT2D eigenvalue weighted by atomic mass is 16.5. The molecule has 0 bridgehead atoms. The Kier molecular flexibility index (Phi) is 6.51. The van der Waals surface area contributed by atoms with E-state index >= 15 is 0 Å². The quantitative estimate of drug-likeness (QED) is 0.671. The fourth-order valence-electron chi connectivity index (χ4n) is 5.06. The van der Waals surface area contributed by atoms with Gasteiger partial charge in [0.05, 0.1) is 13.0 Å². The van der Waals surface area contributed by atoms with Crippen LogP contribution >= 0.6 is 0 Å². The van der Waals surface area contributed by atoms with Gasteiger partial charge < -0.3 is 24.3 Å². The van der Waals surface area contributed by atoms with E-state index in [0.717, 1.165) is 49.4 Å². The first kappa shape index (κ1) is 22.4. The van der Waals surface area contributed by atoms with Gasteiger partial charge in [-0.15, -0.1) is 0 Å². The molecule has 9 nitrogen and oxygen atoms in total. The minimum Gasteiger partial charge on any atom is -0.497 e. The van der Waals surface area contributed by atoms with Crippen LogP contribution in [0.15, 0.2) is 36.5 Å². The van der Waals surface area contributed by atoms with E-state index in [1.807, 2.05) is 41.4 Å². The number of hydrogen-bond acceptors (Lipinski definition) is 7. The number of aromatic nitrogens is 2. The number of anilines is 3. The first-order chi connectivity index (χ1) is 16.6. The summed E-state index contributed by atoms with van der Waals surface area (Å²) in [5.74, 6) is 2.23. The third kappa shape index (κ3) is 4.64. The van der Waals surface area contributed by atoms with Gasteiger partial charge in [-0.2, -0.15) is 4.98 Å². The topological polar surface area (TPSA) is 82.1 Å². The molecule has 0 radical (unpaired) electrons. The number of rotatable bonds is 5. The molecule has 180 valence electrons. The summed E-state index contributed by atoms with van der Waals surface area (Å²) in [6.07, 6.45) is 5.75. The minimum absolute atomic E-state index is 0.00613. The van der Waals surface area contributed by atoms with Crippen molar-refractivity contribution in [1.82, 2.24) is 14.9 Å². The van der Waals surface area contributed by atoms with Crippen LogP contribution in [0.1, 0.15) is 25.7 Å². The summed E-state index contributed by atoms with van der Waals surface area (Å²) in [5, 5.41) is 0. The van der Waals surface area contributed by atoms with Crippen LogP contribution in [0.5, 0.6) is 5.75 Å². The maximum absolute atomic E-state index is 13.2. The number of methoxy groups -OCH3 is 1. The van der Waals surface area contributed by atoms with Crippen LogP contribution in [-0.2, 0) is 9.59 Å². The van der Waals surface area contributed by atoms with Gasteiger partial charge in [-0.1, -0.05) is 0 Å². The van der Waals surface area contributed by atoms with Crippen molar-refractivity contribution in [3.05, 3.63) is 36.5 Å². The molecule has 4 heterocycles. The lowest BCUT2D eigenvalue weighted by molar-refractivity contribution is -0.136. The number of benzene rings is 1. The van der Waals surface area contributed by atoms with E-state index in [4.69, 9.17) is 9.72 Å². The molecule has 0 saturated carbocycles. The average molecular weight is 465 g/mol. The second-order valence-electron chi connectivity index (χ2n) is 9.18. The fourth-order valence-corrected chi connectivity index (χ4v) is 5.06. The summed E-state index contributed by atoms with van der Waals surface area (Å²) in [7, 11) is 1.61. The molecule has 1 unspecified atom stereocenters. The Morgan fingerprint density at radius 1 is 0.941 bits per heavy atom. The zero-order valence-electron chi connectivity index (χ0n) is 19.7. The first-order valence-electron chi connectivity index (χ1n) is 12.2. The number of carbonyl (C=O) groups is 2. The lowest BCUT2D eigenvalue weighted by Crippen LogP contribution is -2.51. The smallest absolute Gasteiger partial charge is 0.228 e.